The minimum absolute atomic E-state index is 1.03. The molecule has 11 rings (SSSR count). The zero-order valence-electron chi connectivity index (χ0n) is 29.5. The van der Waals surface area contributed by atoms with E-state index in [-0.39, 0.29) is 0 Å². The number of para-hydroxylation sites is 4. The van der Waals surface area contributed by atoms with Crippen LogP contribution >= 0.6 is 0 Å². The van der Waals surface area contributed by atoms with Crippen LogP contribution in [0.4, 0.5) is 17.1 Å². The average molecular weight is 698 g/mol. The Balaban J connectivity index is 1.15. The predicted octanol–water partition coefficient (Wildman–Crippen LogP) is 10.7. The molecule has 0 atom stereocenters. The molecule has 0 aliphatic carbocycles. The minimum atomic E-state index is -2.06. The van der Waals surface area contributed by atoms with Crippen LogP contribution in [0.15, 0.2) is 176 Å². The second-order valence-electron chi connectivity index (χ2n) is 14.6. The van der Waals surface area contributed by atoms with E-state index in [1.165, 1.54) is 54.3 Å². The molecule has 0 spiro atoms. The molecule has 6 heteroatoms. The Hall–Kier alpha value is -6.63. The Bertz CT molecular complexity index is 3040. The number of anilines is 3. The number of rotatable bonds is 4. The summed E-state index contributed by atoms with van der Waals surface area (Å²) >= 11 is 0. The summed E-state index contributed by atoms with van der Waals surface area (Å²) in [5.41, 5.74) is 11.5. The van der Waals surface area contributed by atoms with E-state index in [1.54, 1.807) is 0 Å². The zero-order chi connectivity index (χ0) is 35.3. The van der Waals surface area contributed by atoms with E-state index in [4.69, 9.17) is 4.98 Å². The maximum atomic E-state index is 4.98. The van der Waals surface area contributed by atoms with Gasteiger partial charge in [0.05, 0.1) is 45.8 Å². The lowest BCUT2D eigenvalue weighted by Gasteiger charge is -2.41. The summed E-state index contributed by atoms with van der Waals surface area (Å²) in [6.07, 6.45) is 8.41. The van der Waals surface area contributed by atoms with Crippen molar-refractivity contribution >= 4 is 79.1 Å². The molecular formula is C47H35N5Si. The molecule has 6 aromatic carbocycles. The van der Waals surface area contributed by atoms with Crippen molar-refractivity contribution in [1.29, 1.82) is 0 Å². The van der Waals surface area contributed by atoms with Gasteiger partial charge in [0.15, 0.2) is 0 Å². The number of hydrogen-bond donors (Lipinski definition) is 0. The Labute approximate surface area is 308 Å². The largest absolute Gasteiger partial charge is 0.316 e. The van der Waals surface area contributed by atoms with Crippen molar-refractivity contribution in [2.75, 3.05) is 4.90 Å². The summed E-state index contributed by atoms with van der Waals surface area (Å²) in [5, 5.41) is 7.80. The van der Waals surface area contributed by atoms with Gasteiger partial charge in [0.25, 0.3) is 0 Å². The number of pyridine rings is 1. The van der Waals surface area contributed by atoms with Crippen LogP contribution in [-0.4, -0.2) is 26.8 Å². The lowest BCUT2D eigenvalue weighted by atomic mass is 10.1. The third-order valence-corrected chi connectivity index (χ3v) is 14.8. The molecule has 0 unspecified atom stereocenters. The molecule has 252 valence electrons. The highest BCUT2D eigenvalue weighted by Crippen LogP contribution is 2.42. The van der Waals surface area contributed by atoms with E-state index in [1.807, 2.05) is 12.4 Å². The summed E-state index contributed by atoms with van der Waals surface area (Å²) < 4.78 is 6.98. The molecule has 0 N–H and O–H groups in total. The third-order valence-electron chi connectivity index (χ3n) is 11.3. The average Bonchev–Trinajstić information content (AvgIpc) is 3.91. The van der Waals surface area contributed by atoms with Gasteiger partial charge in [-0.1, -0.05) is 92.0 Å². The summed E-state index contributed by atoms with van der Waals surface area (Å²) in [5.74, 6) is 0. The van der Waals surface area contributed by atoms with Crippen molar-refractivity contribution in [1.82, 2.24) is 18.7 Å². The number of nitrogens with zero attached hydrogens (tertiary/aromatic N) is 5. The molecule has 5 heterocycles. The highest BCUT2D eigenvalue weighted by atomic mass is 28.3. The van der Waals surface area contributed by atoms with Crippen LogP contribution in [0, 0.1) is 0 Å². The number of fused-ring (bicyclic) bond motifs is 7. The lowest BCUT2D eigenvalue weighted by Crippen LogP contribution is -2.58. The summed E-state index contributed by atoms with van der Waals surface area (Å²) in [6.45, 7) is 4.97. The first-order chi connectivity index (χ1) is 26.0. The summed E-state index contributed by atoms with van der Waals surface area (Å²) in [4.78, 5) is 7.44. The van der Waals surface area contributed by atoms with E-state index in [0.717, 1.165) is 33.8 Å². The van der Waals surface area contributed by atoms with Crippen molar-refractivity contribution in [2.45, 2.75) is 13.1 Å². The molecule has 0 bridgehead atoms. The Morgan fingerprint density at radius 2 is 1.06 bits per heavy atom. The van der Waals surface area contributed by atoms with Crippen LogP contribution in [0.25, 0.3) is 60.7 Å². The first-order valence-corrected chi connectivity index (χ1v) is 21.2. The summed E-state index contributed by atoms with van der Waals surface area (Å²) in [6, 6.07) is 55.3. The second-order valence-corrected chi connectivity index (χ2v) is 19.0. The molecule has 1 aliphatic rings. The predicted molar refractivity (Wildman–Crippen MR) is 224 cm³/mol. The van der Waals surface area contributed by atoms with E-state index < -0.39 is 8.07 Å². The van der Waals surface area contributed by atoms with Crippen molar-refractivity contribution in [3.8, 4) is 17.1 Å². The quantitative estimate of drug-likeness (QED) is 0.171. The maximum Gasteiger partial charge on any atom is 0.117 e. The standard InChI is InChI=1S/C47H35N5Si/c1-53(2)46-20-12-11-19-41(46)52(45-29-43-33(26-47(45)53)22-24-50(43)35-15-7-4-8-16-35)37-27-36(30-48-31-37)51-40-18-10-9-17-38(40)39-25-32-21-23-49(42(32)28-44(39)51)34-13-5-3-6-14-34/h3-31H,1-2H3. The Morgan fingerprint density at radius 3 is 1.81 bits per heavy atom. The van der Waals surface area contributed by atoms with Crippen LogP contribution in [0.5, 0.6) is 0 Å². The van der Waals surface area contributed by atoms with Gasteiger partial charge in [0, 0.05) is 51.3 Å². The van der Waals surface area contributed by atoms with Gasteiger partial charge >= 0.3 is 0 Å². The zero-order valence-corrected chi connectivity index (χ0v) is 30.5. The monoisotopic (exact) mass is 697 g/mol. The molecule has 53 heavy (non-hydrogen) atoms. The molecule has 0 amide bonds. The van der Waals surface area contributed by atoms with Crippen LogP contribution < -0.4 is 15.3 Å². The van der Waals surface area contributed by atoms with Gasteiger partial charge in [0.2, 0.25) is 0 Å². The molecule has 0 saturated heterocycles. The highest BCUT2D eigenvalue weighted by molar-refractivity contribution is 7.02. The molecule has 0 saturated carbocycles. The molecule has 5 nitrogen and oxygen atoms in total. The van der Waals surface area contributed by atoms with Gasteiger partial charge in [-0.05, 0) is 88.6 Å². The SMILES string of the molecule is C[Si]1(C)c2ccccc2N(c2cncc(-n3c4ccccc4c4cc5ccn(-c6ccccc6)c5cc43)c2)c2cc3c(ccn3-c3ccccc3)cc21. The Morgan fingerprint density at radius 1 is 0.434 bits per heavy atom. The highest BCUT2D eigenvalue weighted by Gasteiger charge is 2.39. The molecule has 0 radical (unpaired) electrons. The first kappa shape index (κ1) is 30.0. The second kappa shape index (κ2) is 11.2. The minimum Gasteiger partial charge on any atom is -0.316 e. The molecule has 1 aliphatic heterocycles. The normalized spacial score (nSPS) is 13.6. The summed E-state index contributed by atoms with van der Waals surface area (Å²) in [7, 11) is -2.06. The Kier molecular flexibility index (Phi) is 6.34. The fourth-order valence-corrected chi connectivity index (χ4v) is 11.8. The fraction of sp³-hybridized carbons (Fsp3) is 0.0426. The number of hydrogen-bond acceptors (Lipinski definition) is 2. The van der Waals surface area contributed by atoms with E-state index in [9.17, 15) is 0 Å². The third kappa shape index (κ3) is 4.39. The number of aromatic nitrogens is 4. The van der Waals surface area contributed by atoms with Crippen molar-refractivity contribution in [3.63, 3.8) is 0 Å². The van der Waals surface area contributed by atoms with Gasteiger partial charge < -0.3 is 18.6 Å². The van der Waals surface area contributed by atoms with Crippen LogP contribution in [0.3, 0.4) is 0 Å². The fourth-order valence-electron chi connectivity index (χ4n) is 8.77. The van der Waals surface area contributed by atoms with Gasteiger partial charge in [-0.15, -0.1) is 0 Å². The van der Waals surface area contributed by atoms with Crippen LogP contribution in [0.2, 0.25) is 13.1 Å². The van der Waals surface area contributed by atoms with Gasteiger partial charge in [-0.3, -0.25) is 4.98 Å². The van der Waals surface area contributed by atoms with E-state index >= 15 is 0 Å². The van der Waals surface area contributed by atoms with Crippen molar-refractivity contribution < 1.29 is 0 Å². The topological polar surface area (TPSA) is 30.9 Å². The molecule has 10 aromatic rings. The molecule has 0 fully saturated rings. The van der Waals surface area contributed by atoms with Crippen molar-refractivity contribution in [3.05, 3.63) is 176 Å². The smallest absolute Gasteiger partial charge is 0.117 e. The molecule has 4 aromatic heterocycles. The molecular weight excluding hydrogens is 663 g/mol. The van der Waals surface area contributed by atoms with Gasteiger partial charge in [-0.2, -0.15) is 0 Å². The number of benzene rings is 6. The van der Waals surface area contributed by atoms with Crippen LogP contribution in [-0.2, 0) is 0 Å². The van der Waals surface area contributed by atoms with Gasteiger partial charge in [-0.25, -0.2) is 0 Å². The van der Waals surface area contributed by atoms with E-state index in [2.05, 4.69) is 196 Å². The van der Waals surface area contributed by atoms with E-state index in [0.29, 0.717) is 0 Å². The van der Waals surface area contributed by atoms with Crippen LogP contribution in [0.1, 0.15) is 0 Å². The maximum absolute atomic E-state index is 4.98. The van der Waals surface area contributed by atoms with Gasteiger partial charge in [0.1, 0.15) is 8.07 Å². The lowest BCUT2D eigenvalue weighted by molar-refractivity contribution is 1.11. The first-order valence-electron chi connectivity index (χ1n) is 18.2. The van der Waals surface area contributed by atoms with Crippen molar-refractivity contribution in [2.24, 2.45) is 0 Å².